The summed E-state index contributed by atoms with van der Waals surface area (Å²) >= 11 is 5.36. The highest BCUT2D eigenvalue weighted by atomic mass is 32.2. The maximum absolute atomic E-state index is 9.78. The van der Waals surface area contributed by atoms with Gasteiger partial charge >= 0.3 is 0 Å². The number of rotatable bonds is 0. The summed E-state index contributed by atoms with van der Waals surface area (Å²) in [6, 6.07) is 0. The van der Waals surface area contributed by atoms with E-state index in [-0.39, 0.29) is 15.3 Å². The lowest BCUT2D eigenvalue weighted by molar-refractivity contribution is -0.134. The summed E-state index contributed by atoms with van der Waals surface area (Å²) in [4.78, 5) is 18.8. The Kier molecular flexibility index (Phi) is 33.1. The Bertz CT molecular complexity index is 187. The maximum Gasteiger partial charge on any atom is 0.300 e. The number of hydrogen-bond donors (Lipinski definition) is 2. The molecule has 0 unspecified atom stereocenters. The molecule has 4 nitrogen and oxygen atoms in total. The number of carbonyl (C=O) groups is 2. The molecule has 0 fully saturated rings. The summed E-state index contributed by atoms with van der Waals surface area (Å²) in [5, 5.41) is 7.59. The first kappa shape index (κ1) is 31.3. The van der Waals surface area contributed by atoms with Crippen LogP contribution in [0.1, 0.15) is 55.4 Å². The van der Waals surface area contributed by atoms with Gasteiger partial charge in [0.2, 0.25) is 0 Å². The van der Waals surface area contributed by atoms with Crippen molar-refractivity contribution in [1.29, 1.82) is 0 Å². The van der Waals surface area contributed by atoms with Crippen LogP contribution in [-0.2, 0) is 9.59 Å². The van der Waals surface area contributed by atoms with Gasteiger partial charge in [0, 0.05) is 18.6 Å². The van der Waals surface area contributed by atoms with Crippen LogP contribution < -0.4 is 0 Å². The average molecular weight is 317 g/mol. The monoisotopic (exact) mass is 316 g/mol. The van der Waals surface area contributed by atoms with E-state index in [0.29, 0.717) is 0 Å². The van der Waals surface area contributed by atoms with E-state index in [1.54, 1.807) is 13.2 Å². The summed E-state index contributed by atoms with van der Waals surface area (Å²) < 4.78 is 0.194. The first-order valence-electron chi connectivity index (χ1n) is 5.70. The zero-order chi connectivity index (χ0) is 15.9. The van der Waals surface area contributed by atoms with E-state index in [2.05, 4.69) is 54.2 Å². The quantitative estimate of drug-likeness (QED) is 0.669. The smallest absolute Gasteiger partial charge is 0.300 e. The summed E-state index contributed by atoms with van der Waals surface area (Å²) in [5.41, 5.74) is 0. The van der Waals surface area contributed by atoms with Gasteiger partial charge in [0.25, 0.3) is 5.97 Å². The molecule has 0 heterocycles. The number of thiol groups is 1. The largest absolute Gasteiger partial charge is 0.481 e. The molecule has 0 radical (unpaired) electrons. The van der Waals surface area contributed by atoms with Gasteiger partial charge in [0.15, 0.2) is 5.12 Å². The van der Waals surface area contributed by atoms with E-state index in [9.17, 15) is 4.79 Å². The van der Waals surface area contributed by atoms with Gasteiger partial charge in [-0.15, -0.1) is 0 Å². The van der Waals surface area contributed by atoms with Gasteiger partial charge in [-0.25, -0.2) is 0 Å². The van der Waals surface area contributed by atoms with E-state index in [1.807, 2.05) is 0 Å². The molecule has 3 N–H and O–H groups in total. The number of carbonyl (C=O) groups excluding carboxylic acids is 1. The third kappa shape index (κ3) is 1370. The molecule has 0 saturated carbocycles. The molecule has 0 aromatic carbocycles. The molecule has 19 heavy (non-hydrogen) atoms. The van der Waals surface area contributed by atoms with Gasteiger partial charge in [-0.3, -0.25) is 9.59 Å². The molecule has 0 bridgehead atoms. The summed E-state index contributed by atoms with van der Waals surface area (Å²) in [6.07, 6.45) is 1.77. The van der Waals surface area contributed by atoms with Crippen molar-refractivity contribution in [1.82, 2.24) is 0 Å². The predicted octanol–water partition coefficient (Wildman–Crippen LogP) is 3.54. The van der Waals surface area contributed by atoms with Crippen molar-refractivity contribution in [3.8, 4) is 0 Å². The van der Waals surface area contributed by atoms with Crippen molar-refractivity contribution < 1.29 is 20.2 Å². The number of carboxylic acid groups (broad SMARTS) is 1. The van der Waals surface area contributed by atoms with Crippen molar-refractivity contribution in [3.05, 3.63) is 0 Å². The lowest BCUT2D eigenvalue weighted by Crippen LogP contribution is -1.99. The number of carboxylic acids is 1. The van der Waals surface area contributed by atoms with Gasteiger partial charge in [-0.1, -0.05) is 53.3 Å². The normalized spacial score (nSPS) is 8.37. The zero-order valence-corrected chi connectivity index (χ0v) is 15.4. The van der Waals surface area contributed by atoms with Crippen molar-refractivity contribution >= 4 is 35.5 Å². The lowest BCUT2D eigenvalue weighted by Gasteiger charge is -2.04. The number of thioether (sulfide) groups is 1. The number of aliphatic carboxylic acids is 1. The molecule has 0 saturated heterocycles. The Hall–Kier alpha value is -0.200. The summed E-state index contributed by atoms with van der Waals surface area (Å²) in [5.74, 6) is 0. The Morgan fingerprint density at radius 1 is 1.11 bits per heavy atom. The minimum atomic E-state index is -0.833. The van der Waals surface area contributed by atoms with E-state index >= 15 is 0 Å². The summed E-state index contributed by atoms with van der Waals surface area (Å²) in [6.45, 7) is 15.3. The maximum atomic E-state index is 9.78. The highest BCUT2D eigenvalue weighted by Gasteiger charge is 1.96. The van der Waals surface area contributed by atoms with Crippen LogP contribution in [0, 0.1) is 5.92 Å². The minimum absolute atomic E-state index is 0. The van der Waals surface area contributed by atoms with E-state index < -0.39 is 5.97 Å². The van der Waals surface area contributed by atoms with Crippen molar-refractivity contribution in [2.45, 2.75) is 60.1 Å². The van der Waals surface area contributed by atoms with Crippen LogP contribution in [0.3, 0.4) is 0 Å². The van der Waals surface area contributed by atoms with Crippen LogP contribution in [0.2, 0.25) is 0 Å². The third-order valence-electron chi connectivity index (χ3n) is 0.287. The molecular formula is C13H32O4S2. The molecule has 0 rings (SSSR count). The van der Waals surface area contributed by atoms with Crippen LogP contribution in [0.15, 0.2) is 0 Å². The predicted molar refractivity (Wildman–Crippen MR) is 90.4 cm³/mol. The van der Waals surface area contributed by atoms with Gasteiger partial charge in [-0.05, 0) is 12.2 Å². The molecule has 0 atom stereocenters. The van der Waals surface area contributed by atoms with Crippen molar-refractivity contribution in [2.75, 3.05) is 6.26 Å². The van der Waals surface area contributed by atoms with Crippen molar-refractivity contribution in [3.63, 3.8) is 0 Å². The molecule has 0 aliphatic heterocycles. The Morgan fingerprint density at radius 3 is 1.16 bits per heavy atom. The average Bonchev–Trinajstić information content (AvgIpc) is 1.98. The fourth-order valence-corrected chi connectivity index (χ4v) is 0. The Labute approximate surface area is 128 Å². The standard InChI is InChI=1S/C4H10S.C4H10.C3H6OS.C2H4O2.H2O/c1-4(2,3)5;1-4(2)3;1-3(4)5-2;1-2(3)4;/h5H,1-3H3;4H,1-3H3;1-2H3;1H3,(H,3,4);1H2. The fourth-order valence-electron chi connectivity index (χ4n) is 0. The summed E-state index contributed by atoms with van der Waals surface area (Å²) in [7, 11) is 0. The van der Waals surface area contributed by atoms with E-state index in [4.69, 9.17) is 9.90 Å². The molecule has 0 aliphatic carbocycles. The molecule has 6 heteroatoms. The molecule has 0 amide bonds. The minimum Gasteiger partial charge on any atom is -0.481 e. The Balaban J connectivity index is -0.0000000453. The van der Waals surface area contributed by atoms with Gasteiger partial charge in [0.05, 0.1) is 0 Å². The second-order valence-corrected chi connectivity index (χ2v) is 7.44. The van der Waals surface area contributed by atoms with Crippen LogP contribution in [0.25, 0.3) is 0 Å². The highest BCUT2D eigenvalue weighted by molar-refractivity contribution is 8.12. The second kappa shape index (κ2) is 20.1. The van der Waals surface area contributed by atoms with E-state index in [0.717, 1.165) is 12.8 Å². The van der Waals surface area contributed by atoms with Crippen LogP contribution in [-0.4, -0.2) is 32.7 Å². The molecular weight excluding hydrogens is 284 g/mol. The topological polar surface area (TPSA) is 85.9 Å². The molecule has 0 aromatic heterocycles. The molecule has 120 valence electrons. The first-order chi connectivity index (χ1) is 7.73. The molecule has 0 aromatic rings. The highest BCUT2D eigenvalue weighted by Crippen LogP contribution is 2.07. The van der Waals surface area contributed by atoms with Gasteiger partial charge in [0.1, 0.15) is 0 Å². The van der Waals surface area contributed by atoms with Crippen LogP contribution in [0.4, 0.5) is 0 Å². The SMILES string of the molecule is CC(=O)O.CC(C)(C)S.CC(C)C.CSC(C)=O.O. The third-order valence-corrected chi connectivity index (χ3v) is 0.862. The Morgan fingerprint density at radius 2 is 1.16 bits per heavy atom. The zero-order valence-electron chi connectivity index (χ0n) is 13.7. The van der Waals surface area contributed by atoms with Crippen LogP contribution in [0.5, 0.6) is 0 Å². The van der Waals surface area contributed by atoms with E-state index in [1.165, 1.54) is 11.8 Å². The van der Waals surface area contributed by atoms with Gasteiger partial charge in [-0.2, -0.15) is 12.6 Å². The number of hydrogen-bond acceptors (Lipinski definition) is 4. The fraction of sp³-hybridized carbons (Fsp3) is 0.846. The van der Waals surface area contributed by atoms with Crippen LogP contribution >= 0.6 is 24.4 Å². The second-order valence-electron chi connectivity index (χ2n) is 5.12. The van der Waals surface area contributed by atoms with Crippen molar-refractivity contribution in [2.24, 2.45) is 5.92 Å². The first-order valence-corrected chi connectivity index (χ1v) is 7.37. The van der Waals surface area contributed by atoms with Gasteiger partial charge < -0.3 is 10.6 Å². The lowest BCUT2D eigenvalue weighted by atomic mass is 10.3. The molecule has 0 spiro atoms. The molecule has 0 aliphatic rings.